The van der Waals surface area contributed by atoms with E-state index in [0.717, 1.165) is 12.8 Å². The number of rotatable bonds is 5. The maximum Gasteiger partial charge on any atom is 0.271 e. The SMILES string of the molecule is CC(Cl)CCCNC(=O)c1ccn(C)n1. The average molecular weight is 230 g/mol. The largest absolute Gasteiger partial charge is 0.351 e. The lowest BCUT2D eigenvalue weighted by Crippen LogP contribution is -2.25. The van der Waals surface area contributed by atoms with Crippen LogP contribution in [-0.4, -0.2) is 27.6 Å². The normalized spacial score (nSPS) is 12.5. The molecular weight excluding hydrogens is 214 g/mol. The van der Waals surface area contributed by atoms with Gasteiger partial charge in [0, 0.05) is 25.2 Å². The van der Waals surface area contributed by atoms with Crippen molar-refractivity contribution >= 4 is 17.5 Å². The Labute approximate surface area is 94.6 Å². The molecule has 1 rings (SSSR count). The molecule has 0 spiro atoms. The van der Waals surface area contributed by atoms with Crippen LogP contribution in [0.1, 0.15) is 30.3 Å². The fourth-order valence-corrected chi connectivity index (χ4v) is 1.37. The topological polar surface area (TPSA) is 46.9 Å². The number of carbonyl (C=O) groups is 1. The molecule has 1 aromatic rings. The highest BCUT2D eigenvalue weighted by molar-refractivity contribution is 6.20. The third kappa shape index (κ3) is 4.34. The Morgan fingerprint density at radius 1 is 1.73 bits per heavy atom. The van der Waals surface area contributed by atoms with Crippen LogP contribution in [0.3, 0.4) is 0 Å². The van der Waals surface area contributed by atoms with Gasteiger partial charge in [-0.2, -0.15) is 5.10 Å². The van der Waals surface area contributed by atoms with E-state index in [0.29, 0.717) is 12.2 Å². The lowest BCUT2D eigenvalue weighted by Gasteiger charge is -2.04. The van der Waals surface area contributed by atoms with Crippen LogP contribution in [-0.2, 0) is 7.05 Å². The molecule has 1 unspecified atom stereocenters. The van der Waals surface area contributed by atoms with Crippen molar-refractivity contribution in [2.75, 3.05) is 6.54 Å². The van der Waals surface area contributed by atoms with E-state index in [9.17, 15) is 4.79 Å². The molecule has 0 aromatic carbocycles. The summed E-state index contributed by atoms with van der Waals surface area (Å²) < 4.78 is 1.61. The van der Waals surface area contributed by atoms with E-state index in [-0.39, 0.29) is 11.3 Å². The number of halogens is 1. The van der Waals surface area contributed by atoms with Gasteiger partial charge in [0.05, 0.1) is 0 Å². The van der Waals surface area contributed by atoms with Gasteiger partial charge in [-0.15, -0.1) is 11.6 Å². The number of hydrogen-bond donors (Lipinski definition) is 1. The lowest BCUT2D eigenvalue weighted by molar-refractivity contribution is 0.0947. The molecule has 0 aliphatic rings. The average Bonchev–Trinajstić information content (AvgIpc) is 2.59. The van der Waals surface area contributed by atoms with Crippen molar-refractivity contribution in [2.24, 2.45) is 7.05 Å². The van der Waals surface area contributed by atoms with Gasteiger partial charge in [0.25, 0.3) is 5.91 Å². The van der Waals surface area contributed by atoms with E-state index in [1.807, 2.05) is 6.92 Å². The zero-order valence-electron chi connectivity index (χ0n) is 9.03. The maximum absolute atomic E-state index is 11.5. The van der Waals surface area contributed by atoms with Gasteiger partial charge in [0.1, 0.15) is 5.69 Å². The second-order valence-corrected chi connectivity index (χ2v) is 4.30. The van der Waals surface area contributed by atoms with Crippen molar-refractivity contribution in [1.82, 2.24) is 15.1 Å². The molecule has 0 saturated heterocycles. The highest BCUT2D eigenvalue weighted by Gasteiger charge is 2.07. The van der Waals surface area contributed by atoms with Gasteiger partial charge in [0.2, 0.25) is 0 Å². The number of amides is 1. The first-order valence-corrected chi connectivity index (χ1v) is 5.45. The molecule has 1 amide bonds. The Hall–Kier alpha value is -1.03. The molecule has 0 aliphatic heterocycles. The molecule has 4 nitrogen and oxygen atoms in total. The molecule has 0 saturated carbocycles. The van der Waals surface area contributed by atoms with Crippen molar-refractivity contribution in [1.29, 1.82) is 0 Å². The van der Waals surface area contributed by atoms with Gasteiger partial charge in [-0.3, -0.25) is 9.48 Å². The fraction of sp³-hybridized carbons (Fsp3) is 0.600. The van der Waals surface area contributed by atoms with Crippen LogP contribution in [0, 0.1) is 0 Å². The van der Waals surface area contributed by atoms with Crippen molar-refractivity contribution in [3.8, 4) is 0 Å². The number of alkyl halides is 1. The Morgan fingerprint density at radius 2 is 2.47 bits per heavy atom. The van der Waals surface area contributed by atoms with E-state index < -0.39 is 0 Å². The van der Waals surface area contributed by atoms with E-state index in [2.05, 4.69) is 10.4 Å². The summed E-state index contributed by atoms with van der Waals surface area (Å²) in [6, 6.07) is 1.69. The molecule has 0 bridgehead atoms. The van der Waals surface area contributed by atoms with Crippen LogP contribution in [0.2, 0.25) is 0 Å². The van der Waals surface area contributed by atoms with Crippen LogP contribution in [0.4, 0.5) is 0 Å². The van der Waals surface area contributed by atoms with E-state index in [4.69, 9.17) is 11.6 Å². The standard InChI is InChI=1S/C10H16ClN3O/c1-8(11)4-3-6-12-10(15)9-5-7-14(2)13-9/h5,7-8H,3-4,6H2,1-2H3,(H,12,15). The summed E-state index contributed by atoms with van der Waals surface area (Å²) in [5, 5.41) is 6.96. The third-order valence-corrected chi connectivity index (χ3v) is 2.23. The molecule has 0 fully saturated rings. The first-order valence-electron chi connectivity index (χ1n) is 5.01. The van der Waals surface area contributed by atoms with Crippen molar-refractivity contribution in [2.45, 2.75) is 25.1 Å². The molecule has 84 valence electrons. The van der Waals surface area contributed by atoms with Crippen LogP contribution in [0.5, 0.6) is 0 Å². The number of aryl methyl sites for hydroxylation is 1. The second kappa shape index (κ2) is 5.75. The second-order valence-electron chi connectivity index (χ2n) is 3.55. The summed E-state index contributed by atoms with van der Waals surface area (Å²) in [5.41, 5.74) is 0.455. The maximum atomic E-state index is 11.5. The van der Waals surface area contributed by atoms with Crippen LogP contribution >= 0.6 is 11.6 Å². The van der Waals surface area contributed by atoms with Gasteiger partial charge < -0.3 is 5.32 Å². The Morgan fingerprint density at radius 3 is 3.00 bits per heavy atom. The summed E-state index contributed by atoms with van der Waals surface area (Å²) in [7, 11) is 1.78. The van der Waals surface area contributed by atoms with Crippen molar-refractivity contribution in [3.05, 3.63) is 18.0 Å². The van der Waals surface area contributed by atoms with Crippen LogP contribution in [0.25, 0.3) is 0 Å². The fourth-order valence-electron chi connectivity index (χ4n) is 1.21. The van der Waals surface area contributed by atoms with Crippen molar-refractivity contribution < 1.29 is 4.79 Å². The van der Waals surface area contributed by atoms with E-state index in [1.165, 1.54) is 0 Å². The molecule has 0 radical (unpaired) electrons. The quantitative estimate of drug-likeness (QED) is 0.615. The minimum Gasteiger partial charge on any atom is -0.351 e. The molecule has 1 aromatic heterocycles. The highest BCUT2D eigenvalue weighted by Crippen LogP contribution is 2.02. The summed E-state index contributed by atoms with van der Waals surface area (Å²) in [4.78, 5) is 11.5. The molecule has 0 aliphatic carbocycles. The smallest absolute Gasteiger partial charge is 0.271 e. The van der Waals surface area contributed by atoms with Crippen LogP contribution in [0.15, 0.2) is 12.3 Å². The lowest BCUT2D eigenvalue weighted by atomic mass is 10.2. The van der Waals surface area contributed by atoms with Crippen LogP contribution < -0.4 is 5.32 Å². The summed E-state index contributed by atoms with van der Waals surface area (Å²) in [6.45, 7) is 2.59. The van der Waals surface area contributed by atoms with Gasteiger partial charge >= 0.3 is 0 Å². The molecular formula is C10H16ClN3O. The number of nitrogens with one attached hydrogen (secondary N) is 1. The highest BCUT2D eigenvalue weighted by atomic mass is 35.5. The van der Waals surface area contributed by atoms with Gasteiger partial charge in [-0.1, -0.05) is 0 Å². The Bertz CT molecular complexity index is 322. The van der Waals surface area contributed by atoms with E-state index >= 15 is 0 Å². The minimum absolute atomic E-state index is 0.127. The number of hydrogen-bond acceptors (Lipinski definition) is 2. The zero-order valence-corrected chi connectivity index (χ0v) is 9.79. The minimum atomic E-state index is -0.127. The number of aromatic nitrogens is 2. The molecule has 1 atom stereocenters. The zero-order chi connectivity index (χ0) is 11.3. The predicted molar refractivity (Wildman–Crippen MR) is 60.1 cm³/mol. The summed E-state index contributed by atoms with van der Waals surface area (Å²) in [6.07, 6.45) is 3.54. The summed E-state index contributed by atoms with van der Waals surface area (Å²) >= 11 is 5.79. The first-order chi connectivity index (χ1) is 7.09. The number of carbonyl (C=O) groups excluding carboxylic acids is 1. The van der Waals surface area contributed by atoms with Gasteiger partial charge in [0.15, 0.2) is 0 Å². The van der Waals surface area contributed by atoms with Gasteiger partial charge in [-0.25, -0.2) is 0 Å². The molecule has 15 heavy (non-hydrogen) atoms. The Balaban J connectivity index is 2.25. The molecule has 1 heterocycles. The van der Waals surface area contributed by atoms with Crippen molar-refractivity contribution in [3.63, 3.8) is 0 Å². The first kappa shape index (κ1) is 12.0. The number of nitrogens with zero attached hydrogens (tertiary/aromatic N) is 2. The summed E-state index contributed by atoms with van der Waals surface area (Å²) in [5.74, 6) is -0.127. The third-order valence-electron chi connectivity index (χ3n) is 2.01. The van der Waals surface area contributed by atoms with E-state index in [1.54, 1.807) is 24.0 Å². The monoisotopic (exact) mass is 229 g/mol. The predicted octanol–water partition coefficient (Wildman–Crippen LogP) is 1.56. The Kier molecular flexibility index (Phi) is 4.62. The van der Waals surface area contributed by atoms with Gasteiger partial charge in [-0.05, 0) is 25.8 Å². The molecule has 5 heteroatoms. The molecule has 1 N–H and O–H groups in total.